The minimum Gasteiger partial charge on any atom is -0.491 e. The number of amides is 1. The molecule has 1 unspecified atom stereocenters. The van der Waals surface area contributed by atoms with E-state index in [1.165, 1.54) is 6.92 Å². The summed E-state index contributed by atoms with van der Waals surface area (Å²) in [6, 6.07) is 5.70. The first-order valence-corrected chi connectivity index (χ1v) is 7.44. The molecule has 1 amide bonds. The molecule has 0 radical (unpaired) electrons. The quantitative estimate of drug-likeness (QED) is 0.941. The van der Waals surface area contributed by atoms with Crippen LogP contribution in [0.15, 0.2) is 22.7 Å². The molecule has 1 N–H and O–H groups in total. The molecule has 0 saturated heterocycles. The normalized spacial score (nSPS) is 21.1. The summed E-state index contributed by atoms with van der Waals surface area (Å²) in [5, 5.41) is 6.95. The average Bonchev–Trinajstić information content (AvgIpc) is 2.92. The summed E-state index contributed by atoms with van der Waals surface area (Å²) in [6.07, 6.45) is 2.20. The summed E-state index contributed by atoms with van der Waals surface area (Å²) in [5.41, 5.74) is 1.91. The van der Waals surface area contributed by atoms with Gasteiger partial charge in [0.05, 0.1) is 6.04 Å². The average molecular weight is 299 g/mol. The summed E-state index contributed by atoms with van der Waals surface area (Å²) < 4.78 is 11.0. The first kappa shape index (κ1) is 13.3. The molecule has 2 heterocycles. The Balaban J connectivity index is 1.62. The molecule has 1 aromatic heterocycles. The van der Waals surface area contributed by atoms with Crippen LogP contribution in [0.25, 0.3) is 11.4 Å². The lowest BCUT2D eigenvalue weighted by molar-refractivity contribution is -0.119. The van der Waals surface area contributed by atoms with Gasteiger partial charge >= 0.3 is 0 Å². The largest absolute Gasteiger partial charge is 0.491 e. The van der Waals surface area contributed by atoms with Crippen molar-refractivity contribution in [2.75, 3.05) is 6.61 Å². The van der Waals surface area contributed by atoms with Crippen molar-refractivity contribution in [1.82, 2.24) is 15.5 Å². The van der Waals surface area contributed by atoms with Gasteiger partial charge < -0.3 is 14.6 Å². The van der Waals surface area contributed by atoms with Gasteiger partial charge in [0, 0.05) is 23.5 Å². The molecule has 0 spiro atoms. The number of fused-ring (bicyclic) bond motifs is 1. The highest BCUT2D eigenvalue weighted by atomic mass is 16.5. The van der Waals surface area contributed by atoms with Gasteiger partial charge in [-0.25, -0.2) is 0 Å². The SMILES string of the molecule is CC(=O)NC1COc2cc(-c3noc(C4(C)CC4)n3)ccc21. The second-order valence-corrected chi connectivity index (χ2v) is 6.30. The number of carbonyl (C=O) groups is 1. The van der Waals surface area contributed by atoms with Crippen molar-refractivity contribution >= 4 is 5.91 Å². The van der Waals surface area contributed by atoms with Gasteiger partial charge in [-0.05, 0) is 18.9 Å². The number of hydrogen-bond acceptors (Lipinski definition) is 5. The van der Waals surface area contributed by atoms with E-state index in [0.717, 1.165) is 29.7 Å². The third-order valence-corrected chi connectivity index (χ3v) is 4.37. The van der Waals surface area contributed by atoms with Crippen LogP contribution in [0.1, 0.15) is 44.2 Å². The summed E-state index contributed by atoms with van der Waals surface area (Å²) in [4.78, 5) is 15.7. The monoisotopic (exact) mass is 299 g/mol. The predicted octanol–water partition coefficient (Wildman–Crippen LogP) is 2.36. The van der Waals surface area contributed by atoms with Gasteiger partial charge in [-0.2, -0.15) is 4.98 Å². The molecule has 6 nitrogen and oxygen atoms in total. The van der Waals surface area contributed by atoms with E-state index < -0.39 is 0 Å². The number of aromatic nitrogens is 2. The van der Waals surface area contributed by atoms with Crippen LogP contribution < -0.4 is 10.1 Å². The van der Waals surface area contributed by atoms with Crippen LogP contribution >= 0.6 is 0 Å². The number of hydrogen-bond donors (Lipinski definition) is 1. The van der Waals surface area contributed by atoms with Crippen LogP contribution in [0.3, 0.4) is 0 Å². The van der Waals surface area contributed by atoms with Crippen LogP contribution in [0.2, 0.25) is 0 Å². The van der Waals surface area contributed by atoms with Gasteiger partial charge in [0.25, 0.3) is 0 Å². The maximum atomic E-state index is 11.2. The summed E-state index contributed by atoms with van der Waals surface area (Å²) >= 11 is 0. The maximum Gasteiger partial charge on any atom is 0.232 e. The fourth-order valence-corrected chi connectivity index (χ4v) is 2.70. The molecule has 6 heteroatoms. The molecule has 2 aromatic rings. The van der Waals surface area contributed by atoms with E-state index in [4.69, 9.17) is 9.26 Å². The predicted molar refractivity (Wildman–Crippen MR) is 78.4 cm³/mol. The number of ether oxygens (including phenoxy) is 1. The Morgan fingerprint density at radius 2 is 2.23 bits per heavy atom. The molecule has 1 aliphatic carbocycles. The van der Waals surface area contributed by atoms with Crippen molar-refractivity contribution < 1.29 is 14.1 Å². The van der Waals surface area contributed by atoms with Crippen molar-refractivity contribution in [2.24, 2.45) is 0 Å². The highest BCUT2D eigenvalue weighted by molar-refractivity contribution is 5.74. The van der Waals surface area contributed by atoms with Gasteiger partial charge in [-0.3, -0.25) is 4.79 Å². The second kappa shape index (κ2) is 4.56. The molecule has 22 heavy (non-hydrogen) atoms. The highest BCUT2D eigenvalue weighted by Gasteiger charge is 2.44. The molecular weight excluding hydrogens is 282 g/mol. The van der Waals surface area contributed by atoms with Crippen LogP contribution in [0.4, 0.5) is 0 Å². The molecule has 1 fully saturated rings. The number of nitrogens with one attached hydrogen (secondary N) is 1. The lowest BCUT2D eigenvalue weighted by Gasteiger charge is -2.09. The Morgan fingerprint density at radius 1 is 1.41 bits per heavy atom. The Labute approximate surface area is 127 Å². The molecule has 1 atom stereocenters. The zero-order valence-electron chi connectivity index (χ0n) is 12.5. The number of benzene rings is 1. The van der Waals surface area contributed by atoms with E-state index in [9.17, 15) is 4.79 Å². The zero-order chi connectivity index (χ0) is 15.3. The Morgan fingerprint density at radius 3 is 2.95 bits per heavy atom. The first-order valence-electron chi connectivity index (χ1n) is 7.44. The summed E-state index contributed by atoms with van der Waals surface area (Å²) in [7, 11) is 0. The molecule has 1 saturated carbocycles. The lowest BCUT2D eigenvalue weighted by atomic mass is 10.1. The van der Waals surface area contributed by atoms with Crippen molar-refractivity contribution in [3.63, 3.8) is 0 Å². The molecule has 1 aliphatic heterocycles. The minimum absolute atomic E-state index is 0.0639. The Kier molecular flexibility index (Phi) is 2.76. The third-order valence-electron chi connectivity index (χ3n) is 4.37. The molecule has 1 aromatic carbocycles. The first-order chi connectivity index (χ1) is 10.5. The van der Waals surface area contributed by atoms with Crippen LogP contribution in [-0.4, -0.2) is 22.7 Å². The van der Waals surface area contributed by atoms with E-state index in [1.807, 2.05) is 18.2 Å². The van der Waals surface area contributed by atoms with E-state index >= 15 is 0 Å². The molecule has 2 aliphatic rings. The zero-order valence-corrected chi connectivity index (χ0v) is 12.5. The maximum absolute atomic E-state index is 11.2. The molecular formula is C16H17N3O3. The van der Waals surface area contributed by atoms with Crippen LogP contribution in [0.5, 0.6) is 5.75 Å². The van der Waals surface area contributed by atoms with Crippen molar-refractivity contribution in [3.8, 4) is 17.1 Å². The van der Waals surface area contributed by atoms with E-state index in [0.29, 0.717) is 18.3 Å². The van der Waals surface area contributed by atoms with Crippen molar-refractivity contribution in [3.05, 3.63) is 29.7 Å². The second-order valence-electron chi connectivity index (χ2n) is 6.30. The van der Waals surface area contributed by atoms with Gasteiger partial charge in [0.1, 0.15) is 12.4 Å². The summed E-state index contributed by atoms with van der Waals surface area (Å²) in [6.45, 7) is 4.09. The van der Waals surface area contributed by atoms with E-state index in [-0.39, 0.29) is 17.4 Å². The number of nitrogens with zero attached hydrogens (tertiary/aromatic N) is 2. The van der Waals surface area contributed by atoms with Gasteiger partial charge in [0.15, 0.2) is 0 Å². The Bertz CT molecular complexity index is 749. The van der Waals surface area contributed by atoms with Crippen molar-refractivity contribution in [1.29, 1.82) is 0 Å². The van der Waals surface area contributed by atoms with Crippen LogP contribution in [-0.2, 0) is 10.2 Å². The topological polar surface area (TPSA) is 77.2 Å². The summed E-state index contributed by atoms with van der Waals surface area (Å²) in [5.74, 6) is 1.99. The molecule has 4 rings (SSSR count). The van der Waals surface area contributed by atoms with Gasteiger partial charge in [0.2, 0.25) is 17.6 Å². The van der Waals surface area contributed by atoms with E-state index in [1.54, 1.807) is 0 Å². The smallest absolute Gasteiger partial charge is 0.232 e. The Hall–Kier alpha value is -2.37. The number of carbonyl (C=O) groups excluding carboxylic acids is 1. The minimum atomic E-state index is -0.0900. The lowest BCUT2D eigenvalue weighted by Crippen LogP contribution is -2.26. The van der Waals surface area contributed by atoms with Gasteiger partial charge in [-0.15, -0.1) is 0 Å². The number of rotatable bonds is 3. The third kappa shape index (κ3) is 2.15. The van der Waals surface area contributed by atoms with E-state index in [2.05, 4.69) is 22.4 Å². The molecule has 0 bridgehead atoms. The highest BCUT2D eigenvalue weighted by Crippen LogP contribution is 2.47. The fourth-order valence-electron chi connectivity index (χ4n) is 2.70. The van der Waals surface area contributed by atoms with Crippen molar-refractivity contribution in [2.45, 2.75) is 38.1 Å². The molecule has 114 valence electrons. The fraction of sp³-hybridized carbons (Fsp3) is 0.438. The standard InChI is InChI=1S/C16H17N3O3/c1-9(20)17-12-8-21-13-7-10(3-4-11(12)13)14-18-15(22-19-14)16(2)5-6-16/h3-4,7,12H,5-6,8H2,1-2H3,(H,17,20). The van der Waals surface area contributed by atoms with Gasteiger partial charge in [-0.1, -0.05) is 24.2 Å². The van der Waals surface area contributed by atoms with Crippen LogP contribution in [0, 0.1) is 0 Å².